The molecule has 2 atom stereocenters. The predicted octanol–water partition coefficient (Wildman–Crippen LogP) is 6.55. The highest BCUT2D eigenvalue weighted by Crippen LogP contribution is 2.44. The fourth-order valence-electron chi connectivity index (χ4n) is 7.41. The van der Waals surface area contributed by atoms with Gasteiger partial charge >= 0.3 is 0 Å². The second-order valence-electron chi connectivity index (χ2n) is 13.4. The van der Waals surface area contributed by atoms with Crippen molar-refractivity contribution < 1.29 is 23.5 Å². The number of fused-ring (bicyclic) bond motifs is 1. The number of hydrogen-bond donors (Lipinski definition) is 3. The van der Waals surface area contributed by atoms with Gasteiger partial charge in [-0.1, -0.05) is 65.7 Å². The highest BCUT2D eigenvalue weighted by Gasteiger charge is 2.28. The molecule has 3 N–H and O–H groups in total. The number of nitrogens with zero attached hydrogens (tertiary/aromatic N) is 2. The van der Waals surface area contributed by atoms with Crippen LogP contribution in [0.3, 0.4) is 0 Å². The van der Waals surface area contributed by atoms with Crippen LogP contribution < -0.4 is 25.4 Å². The summed E-state index contributed by atoms with van der Waals surface area (Å²) in [5.74, 6) is 0.716. The van der Waals surface area contributed by atoms with E-state index in [4.69, 9.17) is 32.7 Å². The number of halogens is 3. The number of pyridine rings is 1. The summed E-state index contributed by atoms with van der Waals surface area (Å²) in [4.78, 5) is 30.2. The van der Waals surface area contributed by atoms with Crippen molar-refractivity contribution in [3.8, 4) is 45.1 Å². The number of methoxy groups -OCH3 is 2. The molecule has 2 amide bonds. The SMILES string of the molecule is COc1cc(-c2cccc(-c3cccc(-c4nc(OC)c(CNC[C@H]5CCC(=O)N5)cc4F)c3Cl)c2Cl)cc2c1CN(C[C@@H]1CCC(=O)N1)CC2. The Labute approximate surface area is 306 Å². The number of hydrogen-bond acceptors (Lipinski definition) is 7. The van der Waals surface area contributed by atoms with E-state index in [1.807, 2.05) is 36.4 Å². The van der Waals surface area contributed by atoms with Crippen LogP contribution in [0.5, 0.6) is 11.6 Å². The van der Waals surface area contributed by atoms with Crippen molar-refractivity contribution in [2.75, 3.05) is 33.9 Å². The lowest BCUT2D eigenvalue weighted by atomic mass is 9.91. The second kappa shape index (κ2) is 15.2. The summed E-state index contributed by atoms with van der Waals surface area (Å²) in [6, 6.07) is 17.1. The first-order valence-electron chi connectivity index (χ1n) is 17.3. The summed E-state index contributed by atoms with van der Waals surface area (Å²) < 4.78 is 27.2. The second-order valence-corrected chi connectivity index (χ2v) is 14.1. The Bertz CT molecular complexity index is 1970. The van der Waals surface area contributed by atoms with Crippen LogP contribution in [0.25, 0.3) is 33.5 Å². The molecule has 1 aromatic heterocycles. The van der Waals surface area contributed by atoms with E-state index in [9.17, 15) is 9.59 Å². The number of nitrogens with one attached hydrogen (secondary N) is 3. The largest absolute Gasteiger partial charge is 0.496 e. The van der Waals surface area contributed by atoms with Crippen LogP contribution >= 0.6 is 23.2 Å². The van der Waals surface area contributed by atoms with Crippen LogP contribution in [0.2, 0.25) is 10.0 Å². The molecule has 2 fully saturated rings. The van der Waals surface area contributed by atoms with Gasteiger partial charge in [0.25, 0.3) is 0 Å². The highest BCUT2D eigenvalue weighted by atomic mass is 35.5. The molecule has 0 spiro atoms. The van der Waals surface area contributed by atoms with Gasteiger partial charge in [0, 0.05) is 91.0 Å². The Morgan fingerprint density at radius 1 is 0.882 bits per heavy atom. The topological polar surface area (TPSA) is 105 Å². The summed E-state index contributed by atoms with van der Waals surface area (Å²) in [6.07, 6.45) is 3.59. The minimum absolute atomic E-state index is 0.0449. The monoisotopic (exact) mass is 731 g/mol. The third kappa shape index (κ3) is 7.42. The molecule has 0 radical (unpaired) electrons. The quantitative estimate of drug-likeness (QED) is 0.161. The van der Waals surface area contributed by atoms with Gasteiger partial charge in [0.05, 0.1) is 24.3 Å². The lowest BCUT2D eigenvalue weighted by molar-refractivity contribution is -0.120. The zero-order chi connectivity index (χ0) is 35.6. The molecule has 9 nitrogen and oxygen atoms in total. The van der Waals surface area contributed by atoms with E-state index in [1.54, 1.807) is 13.2 Å². The van der Waals surface area contributed by atoms with E-state index in [1.165, 1.54) is 18.7 Å². The van der Waals surface area contributed by atoms with Gasteiger partial charge in [-0.2, -0.15) is 0 Å². The molecule has 0 aliphatic carbocycles. The van der Waals surface area contributed by atoms with Gasteiger partial charge in [-0.25, -0.2) is 9.37 Å². The van der Waals surface area contributed by atoms with Gasteiger partial charge in [-0.05, 0) is 42.5 Å². The fraction of sp³-hybridized carbons (Fsp3) is 0.359. The predicted molar refractivity (Wildman–Crippen MR) is 197 cm³/mol. The third-order valence-corrected chi connectivity index (χ3v) is 10.8. The van der Waals surface area contributed by atoms with E-state index in [0.29, 0.717) is 58.2 Å². The molecule has 12 heteroatoms. The molecule has 2 saturated heterocycles. The van der Waals surface area contributed by atoms with Crippen molar-refractivity contribution in [3.63, 3.8) is 0 Å². The van der Waals surface area contributed by atoms with E-state index >= 15 is 4.39 Å². The molecular formula is C39H40Cl2FN5O4. The van der Waals surface area contributed by atoms with Crippen LogP contribution in [-0.4, -0.2) is 67.6 Å². The van der Waals surface area contributed by atoms with Crippen molar-refractivity contribution in [2.45, 2.75) is 57.3 Å². The molecule has 0 bridgehead atoms. The number of rotatable bonds is 11. The molecule has 0 saturated carbocycles. The van der Waals surface area contributed by atoms with E-state index in [0.717, 1.165) is 61.3 Å². The molecule has 0 unspecified atom stereocenters. The maximum Gasteiger partial charge on any atom is 0.220 e. The molecule has 7 rings (SSSR count). The van der Waals surface area contributed by atoms with Crippen molar-refractivity contribution >= 4 is 35.0 Å². The summed E-state index contributed by atoms with van der Waals surface area (Å²) >= 11 is 14.2. The lowest BCUT2D eigenvalue weighted by Crippen LogP contribution is -2.41. The molecule has 3 aliphatic rings. The van der Waals surface area contributed by atoms with E-state index < -0.39 is 5.82 Å². The molecule has 266 valence electrons. The maximum absolute atomic E-state index is 15.7. The number of ether oxygens (including phenoxy) is 2. The van der Waals surface area contributed by atoms with Crippen LogP contribution in [0.15, 0.2) is 54.6 Å². The third-order valence-electron chi connectivity index (χ3n) is 10.0. The fourth-order valence-corrected chi connectivity index (χ4v) is 8.06. The molecular weight excluding hydrogens is 692 g/mol. The Hall–Kier alpha value is -4.22. The average molecular weight is 733 g/mol. The highest BCUT2D eigenvalue weighted by molar-refractivity contribution is 6.39. The van der Waals surface area contributed by atoms with Gasteiger partial charge in [0.15, 0.2) is 0 Å². The van der Waals surface area contributed by atoms with Gasteiger partial charge < -0.3 is 25.4 Å². The first-order chi connectivity index (χ1) is 24.7. The number of carbonyl (C=O) groups is 2. The zero-order valence-electron chi connectivity index (χ0n) is 28.6. The lowest BCUT2D eigenvalue weighted by Gasteiger charge is -2.32. The minimum atomic E-state index is -0.534. The van der Waals surface area contributed by atoms with Crippen LogP contribution in [0.1, 0.15) is 42.4 Å². The summed E-state index contributed by atoms with van der Waals surface area (Å²) in [6.45, 7) is 3.33. The Morgan fingerprint density at radius 2 is 1.55 bits per heavy atom. The van der Waals surface area contributed by atoms with Crippen LogP contribution in [-0.2, 0) is 29.1 Å². The smallest absolute Gasteiger partial charge is 0.220 e. The Kier molecular flexibility index (Phi) is 10.5. The number of aromatic nitrogens is 1. The van der Waals surface area contributed by atoms with Crippen molar-refractivity contribution in [3.05, 3.63) is 87.2 Å². The minimum Gasteiger partial charge on any atom is -0.496 e. The van der Waals surface area contributed by atoms with Gasteiger partial charge in [-0.3, -0.25) is 14.5 Å². The molecule has 4 heterocycles. The van der Waals surface area contributed by atoms with E-state index in [2.05, 4.69) is 31.9 Å². The molecule has 4 aromatic rings. The number of benzene rings is 3. The normalized spacial score (nSPS) is 18.8. The standard InChI is InChI=1S/C39H40Cl2FN5O4/c1-50-33-17-23(15-22-13-14-47(21-31(22)33)20-26-10-12-35(49)45-26)27-5-3-6-28(36(27)40)29-7-4-8-30(37(29)41)38-32(42)16-24(39(46-38)51-2)18-43-19-25-9-11-34(48)44-25/h3-8,15-17,25-26,43H,9-14,18-21H2,1-2H3,(H,44,48)(H,45,49)/t25-,26+/m1/s1. The molecule has 3 aromatic carbocycles. The maximum atomic E-state index is 15.7. The summed E-state index contributed by atoms with van der Waals surface area (Å²) in [5.41, 5.74) is 6.50. The van der Waals surface area contributed by atoms with E-state index in [-0.39, 0.29) is 35.5 Å². The van der Waals surface area contributed by atoms with Gasteiger partial charge in [-0.15, -0.1) is 0 Å². The summed E-state index contributed by atoms with van der Waals surface area (Å²) in [7, 11) is 3.18. The molecule has 51 heavy (non-hydrogen) atoms. The average Bonchev–Trinajstić information content (AvgIpc) is 3.74. The Balaban J connectivity index is 1.15. The van der Waals surface area contributed by atoms with Crippen molar-refractivity contribution in [2.24, 2.45) is 0 Å². The molecule has 3 aliphatic heterocycles. The van der Waals surface area contributed by atoms with Crippen molar-refractivity contribution in [1.82, 2.24) is 25.8 Å². The van der Waals surface area contributed by atoms with Gasteiger partial charge in [0.1, 0.15) is 17.3 Å². The van der Waals surface area contributed by atoms with Gasteiger partial charge in [0.2, 0.25) is 17.7 Å². The van der Waals surface area contributed by atoms with Crippen molar-refractivity contribution in [1.29, 1.82) is 0 Å². The number of carbonyl (C=O) groups excluding carboxylic acids is 2. The zero-order valence-corrected chi connectivity index (χ0v) is 30.1. The summed E-state index contributed by atoms with van der Waals surface area (Å²) in [5, 5.41) is 10.1. The first-order valence-corrected chi connectivity index (χ1v) is 18.0. The van der Waals surface area contributed by atoms with Crippen LogP contribution in [0, 0.1) is 5.82 Å². The first kappa shape index (κ1) is 35.2. The number of amides is 2. The Morgan fingerprint density at radius 3 is 2.22 bits per heavy atom. The van der Waals surface area contributed by atoms with Crippen LogP contribution in [0.4, 0.5) is 4.39 Å².